The van der Waals surface area contributed by atoms with Crippen molar-refractivity contribution in [3.63, 3.8) is 0 Å². The maximum absolute atomic E-state index is 12.7. The molecule has 2 N–H and O–H groups in total. The molecule has 1 saturated heterocycles. The van der Waals surface area contributed by atoms with Gasteiger partial charge in [-0.2, -0.15) is 0 Å². The lowest BCUT2D eigenvalue weighted by molar-refractivity contribution is 0.0369. The van der Waals surface area contributed by atoms with Gasteiger partial charge in [0.05, 0.1) is 24.4 Å². The fraction of sp³-hybridized carbons (Fsp3) is 0.458. The molecular weight excluding hydrogens is 414 g/mol. The molecule has 2 aliphatic heterocycles. The second-order valence-corrected chi connectivity index (χ2v) is 8.99. The zero-order valence-corrected chi connectivity index (χ0v) is 18.7. The van der Waals surface area contributed by atoms with Gasteiger partial charge < -0.3 is 20.1 Å². The molecule has 7 heteroatoms. The molecule has 2 aliphatic rings. The van der Waals surface area contributed by atoms with E-state index in [1.54, 1.807) is 30.3 Å². The summed E-state index contributed by atoms with van der Waals surface area (Å²) in [6.07, 6.45) is 3.29. The van der Waals surface area contributed by atoms with Crippen molar-refractivity contribution in [3.8, 4) is 5.75 Å². The largest absolute Gasteiger partial charge is 0.489 e. The number of fused-ring (bicyclic) bond motifs is 1. The van der Waals surface area contributed by atoms with Gasteiger partial charge in [-0.05, 0) is 75.2 Å². The van der Waals surface area contributed by atoms with Crippen LogP contribution in [0.15, 0.2) is 42.5 Å². The zero-order chi connectivity index (χ0) is 21.7. The number of hydrogen-bond donors (Lipinski definition) is 2. The second-order valence-electron chi connectivity index (χ2n) is 8.56. The Balaban J connectivity index is 1.32. The molecule has 2 aromatic carbocycles. The summed E-state index contributed by atoms with van der Waals surface area (Å²) in [5, 5.41) is 7.17. The summed E-state index contributed by atoms with van der Waals surface area (Å²) in [4.78, 5) is 15.2. The van der Waals surface area contributed by atoms with E-state index in [1.807, 2.05) is 12.1 Å². The highest BCUT2D eigenvalue weighted by atomic mass is 35.5. The number of nitrogens with zero attached hydrogens (tertiary/aromatic N) is 1. The number of ether oxygens (including phenoxy) is 2. The molecule has 0 aromatic heterocycles. The molecule has 166 valence electrons. The van der Waals surface area contributed by atoms with Gasteiger partial charge in [0, 0.05) is 29.4 Å². The molecule has 2 aromatic rings. The van der Waals surface area contributed by atoms with Gasteiger partial charge in [-0.1, -0.05) is 11.6 Å². The summed E-state index contributed by atoms with van der Waals surface area (Å²) >= 11 is 5.91. The summed E-state index contributed by atoms with van der Waals surface area (Å²) in [7, 11) is 0. The Morgan fingerprint density at radius 2 is 1.94 bits per heavy atom. The van der Waals surface area contributed by atoms with Crippen molar-refractivity contribution >= 4 is 28.9 Å². The van der Waals surface area contributed by atoms with E-state index in [2.05, 4.69) is 22.5 Å². The van der Waals surface area contributed by atoms with Gasteiger partial charge >= 0.3 is 0 Å². The molecule has 1 unspecified atom stereocenters. The number of benzene rings is 2. The number of hydrogen-bond acceptors (Lipinski definition) is 5. The molecule has 2 heterocycles. The van der Waals surface area contributed by atoms with Crippen molar-refractivity contribution in [2.75, 3.05) is 50.1 Å². The number of nitrogens with one attached hydrogen (secondary N) is 2. The van der Waals surface area contributed by atoms with Gasteiger partial charge in [-0.25, -0.2) is 0 Å². The Hall–Kier alpha value is -2.28. The molecule has 0 bridgehead atoms. The first-order valence-electron chi connectivity index (χ1n) is 10.9. The average Bonchev–Trinajstić information content (AvgIpc) is 2.78. The molecule has 0 aliphatic carbocycles. The molecule has 31 heavy (non-hydrogen) atoms. The molecule has 0 spiro atoms. The Labute approximate surface area is 188 Å². The maximum Gasteiger partial charge on any atom is 0.255 e. The number of carbonyl (C=O) groups is 1. The van der Waals surface area contributed by atoms with Gasteiger partial charge in [0.25, 0.3) is 5.91 Å². The maximum atomic E-state index is 12.7. The summed E-state index contributed by atoms with van der Waals surface area (Å²) in [6.45, 7) is 7.68. The van der Waals surface area contributed by atoms with Crippen LogP contribution >= 0.6 is 11.6 Å². The van der Waals surface area contributed by atoms with Crippen LogP contribution in [0.5, 0.6) is 5.75 Å². The molecule has 1 fully saturated rings. The van der Waals surface area contributed by atoms with E-state index < -0.39 is 0 Å². The number of carbonyl (C=O) groups excluding carboxylic acids is 1. The minimum Gasteiger partial charge on any atom is -0.489 e. The number of anilines is 2. The van der Waals surface area contributed by atoms with E-state index in [9.17, 15) is 4.79 Å². The quantitative estimate of drug-likeness (QED) is 0.609. The van der Waals surface area contributed by atoms with E-state index in [1.165, 1.54) is 0 Å². The van der Waals surface area contributed by atoms with Crippen molar-refractivity contribution in [1.29, 1.82) is 0 Å². The summed E-state index contributed by atoms with van der Waals surface area (Å²) in [6, 6.07) is 12.6. The molecule has 0 radical (unpaired) electrons. The van der Waals surface area contributed by atoms with E-state index >= 15 is 0 Å². The highest BCUT2D eigenvalue weighted by Crippen LogP contribution is 2.35. The Kier molecular flexibility index (Phi) is 7.00. The van der Waals surface area contributed by atoms with E-state index in [-0.39, 0.29) is 11.4 Å². The molecular formula is C24H30ClN3O3. The second kappa shape index (κ2) is 9.90. The Bertz CT molecular complexity index is 899. The van der Waals surface area contributed by atoms with Gasteiger partial charge in [0.1, 0.15) is 12.4 Å². The standard InChI is InChI=1S/C24H30ClN3O3/c1-24(10-2-3-11-28-12-14-30-15-13-28)17-31-22-9-4-18(16-21(22)27-24)23(29)26-20-7-5-19(25)6-8-20/h4-9,16,27H,2-3,10-15,17H2,1H3,(H,26,29). The lowest BCUT2D eigenvalue weighted by atomic mass is 9.93. The molecule has 0 saturated carbocycles. The summed E-state index contributed by atoms with van der Waals surface area (Å²) < 4.78 is 11.4. The average molecular weight is 444 g/mol. The number of rotatable bonds is 7. The van der Waals surface area contributed by atoms with Crippen molar-refractivity contribution < 1.29 is 14.3 Å². The van der Waals surface area contributed by atoms with E-state index in [0.29, 0.717) is 22.9 Å². The minimum absolute atomic E-state index is 0.150. The van der Waals surface area contributed by atoms with Crippen LogP contribution in [-0.4, -0.2) is 55.8 Å². The molecule has 1 amide bonds. The van der Waals surface area contributed by atoms with Crippen molar-refractivity contribution in [3.05, 3.63) is 53.1 Å². The highest BCUT2D eigenvalue weighted by molar-refractivity contribution is 6.30. The van der Waals surface area contributed by atoms with Crippen LogP contribution in [0.1, 0.15) is 36.5 Å². The Morgan fingerprint density at radius 3 is 2.71 bits per heavy atom. The predicted molar refractivity (Wildman–Crippen MR) is 124 cm³/mol. The third-order valence-corrected chi connectivity index (χ3v) is 6.14. The monoisotopic (exact) mass is 443 g/mol. The van der Waals surface area contributed by atoms with Crippen molar-refractivity contribution in [2.24, 2.45) is 0 Å². The number of amides is 1. The number of halogens is 1. The smallest absolute Gasteiger partial charge is 0.255 e. The lowest BCUT2D eigenvalue weighted by Gasteiger charge is -2.37. The molecule has 6 nitrogen and oxygen atoms in total. The van der Waals surface area contributed by atoms with E-state index in [0.717, 1.165) is 63.5 Å². The minimum atomic E-state index is -0.162. The lowest BCUT2D eigenvalue weighted by Crippen LogP contribution is -2.44. The van der Waals surface area contributed by atoms with Crippen LogP contribution in [-0.2, 0) is 4.74 Å². The molecule has 1 atom stereocenters. The first-order chi connectivity index (χ1) is 15.0. The SMILES string of the molecule is CC1(CCCCN2CCOCC2)COc2ccc(C(=O)Nc3ccc(Cl)cc3)cc2N1. The summed E-state index contributed by atoms with van der Waals surface area (Å²) in [5.74, 6) is 0.624. The third-order valence-electron chi connectivity index (χ3n) is 5.88. The van der Waals surface area contributed by atoms with Crippen LogP contribution in [0, 0.1) is 0 Å². The van der Waals surface area contributed by atoms with Crippen LogP contribution < -0.4 is 15.4 Å². The normalized spacial score (nSPS) is 21.0. The van der Waals surface area contributed by atoms with Crippen LogP contribution in [0.25, 0.3) is 0 Å². The zero-order valence-electron chi connectivity index (χ0n) is 18.0. The van der Waals surface area contributed by atoms with Gasteiger partial charge in [0.2, 0.25) is 0 Å². The topological polar surface area (TPSA) is 62.8 Å². The van der Waals surface area contributed by atoms with Crippen molar-refractivity contribution in [2.45, 2.75) is 31.7 Å². The first kappa shape index (κ1) is 21.9. The van der Waals surface area contributed by atoms with E-state index in [4.69, 9.17) is 21.1 Å². The fourth-order valence-electron chi connectivity index (χ4n) is 4.04. The first-order valence-corrected chi connectivity index (χ1v) is 11.3. The predicted octanol–water partition coefficient (Wildman–Crippen LogP) is 4.66. The fourth-order valence-corrected chi connectivity index (χ4v) is 4.17. The van der Waals surface area contributed by atoms with Gasteiger partial charge in [-0.3, -0.25) is 9.69 Å². The van der Waals surface area contributed by atoms with Crippen LogP contribution in [0.2, 0.25) is 5.02 Å². The summed E-state index contributed by atoms with van der Waals surface area (Å²) in [5.41, 5.74) is 2.01. The number of unbranched alkanes of at least 4 members (excludes halogenated alkanes) is 1. The van der Waals surface area contributed by atoms with Crippen LogP contribution in [0.3, 0.4) is 0 Å². The highest BCUT2D eigenvalue weighted by Gasteiger charge is 2.30. The van der Waals surface area contributed by atoms with Gasteiger partial charge in [0.15, 0.2) is 0 Å². The number of morpholine rings is 1. The molecule has 4 rings (SSSR count). The van der Waals surface area contributed by atoms with Crippen molar-refractivity contribution in [1.82, 2.24) is 4.90 Å². The van der Waals surface area contributed by atoms with Crippen LogP contribution in [0.4, 0.5) is 11.4 Å². The Morgan fingerprint density at radius 1 is 1.16 bits per heavy atom. The third kappa shape index (κ3) is 5.91. The van der Waals surface area contributed by atoms with Gasteiger partial charge in [-0.15, -0.1) is 0 Å².